The van der Waals surface area contributed by atoms with Crippen molar-refractivity contribution < 1.29 is 9.53 Å². The van der Waals surface area contributed by atoms with E-state index in [0.29, 0.717) is 17.4 Å². The van der Waals surface area contributed by atoms with Crippen LogP contribution in [-0.4, -0.2) is 20.1 Å². The molecule has 4 saturated carbocycles. The standard InChI is InChI=1S/C17H28O2Si/c1-11(10-20(2,3)4)17(18)19-16-14-6-12-5-13(8-14)9-15(16)7-12/h12-16H,1,5-10H2,2-4H3. The third-order valence-electron chi connectivity index (χ3n) is 5.42. The molecule has 2 nitrogen and oxygen atoms in total. The molecule has 0 amide bonds. The molecule has 0 radical (unpaired) electrons. The van der Waals surface area contributed by atoms with Crippen molar-refractivity contribution in [2.75, 3.05) is 0 Å². The van der Waals surface area contributed by atoms with Crippen molar-refractivity contribution in [1.29, 1.82) is 0 Å². The Balaban J connectivity index is 1.61. The summed E-state index contributed by atoms with van der Waals surface area (Å²) in [5, 5.41) is 0. The van der Waals surface area contributed by atoms with Crippen LogP contribution in [0.25, 0.3) is 0 Å². The van der Waals surface area contributed by atoms with Gasteiger partial charge in [0.1, 0.15) is 6.10 Å². The van der Waals surface area contributed by atoms with Crippen LogP contribution in [0.1, 0.15) is 32.1 Å². The molecule has 0 unspecified atom stereocenters. The lowest BCUT2D eigenvalue weighted by atomic mass is 9.55. The van der Waals surface area contributed by atoms with Gasteiger partial charge in [-0.25, -0.2) is 4.79 Å². The summed E-state index contributed by atoms with van der Waals surface area (Å²) in [5.41, 5.74) is 0.706. The van der Waals surface area contributed by atoms with Gasteiger partial charge in [0.15, 0.2) is 0 Å². The maximum atomic E-state index is 12.3. The van der Waals surface area contributed by atoms with E-state index in [-0.39, 0.29) is 12.1 Å². The molecule has 0 heterocycles. The molecule has 0 aromatic carbocycles. The first-order chi connectivity index (χ1) is 9.32. The average molecular weight is 292 g/mol. The van der Waals surface area contributed by atoms with E-state index in [4.69, 9.17) is 4.74 Å². The smallest absolute Gasteiger partial charge is 0.333 e. The first-order valence-electron chi connectivity index (χ1n) is 8.20. The molecule has 0 aromatic rings. The molecular weight excluding hydrogens is 264 g/mol. The van der Waals surface area contributed by atoms with Crippen molar-refractivity contribution in [3.05, 3.63) is 12.2 Å². The summed E-state index contributed by atoms with van der Waals surface area (Å²) in [6.45, 7) is 10.8. The van der Waals surface area contributed by atoms with Gasteiger partial charge in [0.25, 0.3) is 0 Å². The number of hydrogen-bond donors (Lipinski definition) is 0. The van der Waals surface area contributed by atoms with Crippen molar-refractivity contribution in [3.63, 3.8) is 0 Å². The molecule has 20 heavy (non-hydrogen) atoms. The molecule has 0 atom stereocenters. The van der Waals surface area contributed by atoms with E-state index in [9.17, 15) is 4.79 Å². The van der Waals surface area contributed by atoms with E-state index in [2.05, 4.69) is 26.2 Å². The predicted molar refractivity (Wildman–Crippen MR) is 84.2 cm³/mol. The first-order valence-corrected chi connectivity index (χ1v) is 11.9. The summed E-state index contributed by atoms with van der Waals surface area (Å²) in [5.74, 6) is 3.05. The summed E-state index contributed by atoms with van der Waals surface area (Å²) in [4.78, 5) is 12.3. The molecule has 4 aliphatic carbocycles. The largest absolute Gasteiger partial charge is 0.458 e. The van der Waals surface area contributed by atoms with Crippen LogP contribution in [0.15, 0.2) is 12.2 Å². The quantitative estimate of drug-likeness (QED) is 0.440. The van der Waals surface area contributed by atoms with Crippen molar-refractivity contribution in [1.82, 2.24) is 0 Å². The Hall–Kier alpha value is -0.573. The van der Waals surface area contributed by atoms with Crippen LogP contribution >= 0.6 is 0 Å². The SMILES string of the molecule is C=C(C[Si](C)(C)C)C(=O)OC1C2CC3CC(C2)CC1C3. The molecule has 3 heteroatoms. The lowest BCUT2D eigenvalue weighted by Crippen LogP contribution is -2.50. The molecule has 0 spiro atoms. The van der Waals surface area contributed by atoms with Crippen molar-refractivity contribution in [3.8, 4) is 0 Å². The molecule has 0 aromatic heterocycles. The summed E-state index contributed by atoms with van der Waals surface area (Å²) in [6.07, 6.45) is 6.83. The summed E-state index contributed by atoms with van der Waals surface area (Å²) in [6, 6.07) is 0.860. The lowest BCUT2D eigenvalue weighted by molar-refractivity contribution is -0.166. The summed E-state index contributed by atoms with van der Waals surface area (Å²) < 4.78 is 5.92. The second-order valence-corrected chi connectivity index (χ2v) is 14.1. The number of carbonyl (C=O) groups excluding carboxylic acids is 1. The normalized spacial score (nSPS) is 38.9. The summed E-state index contributed by atoms with van der Waals surface area (Å²) in [7, 11) is -1.28. The van der Waals surface area contributed by atoms with Gasteiger partial charge in [-0.05, 0) is 61.8 Å². The zero-order valence-corrected chi connectivity index (χ0v) is 14.2. The van der Waals surface area contributed by atoms with E-state index in [1.165, 1.54) is 32.1 Å². The lowest BCUT2D eigenvalue weighted by Gasteiger charge is -2.53. The number of rotatable bonds is 4. The van der Waals surface area contributed by atoms with Gasteiger partial charge in [-0.1, -0.05) is 26.2 Å². The minimum atomic E-state index is -1.28. The molecule has 0 aliphatic heterocycles. The third-order valence-corrected chi connectivity index (χ3v) is 6.90. The van der Waals surface area contributed by atoms with Crippen molar-refractivity contribution in [2.24, 2.45) is 23.7 Å². The zero-order chi connectivity index (χ0) is 14.5. The Labute approximate surface area is 124 Å². The van der Waals surface area contributed by atoms with Crippen LogP contribution in [0.3, 0.4) is 0 Å². The maximum absolute atomic E-state index is 12.3. The second-order valence-electron chi connectivity index (χ2n) is 8.64. The Morgan fingerprint density at radius 1 is 1.05 bits per heavy atom. The number of hydrogen-bond acceptors (Lipinski definition) is 2. The van der Waals surface area contributed by atoms with Gasteiger partial charge >= 0.3 is 5.97 Å². The first kappa shape index (κ1) is 14.4. The fourth-order valence-electron chi connectivity index (χ4n) is 4.99. The maximum Gasteiger partial charge on any atom is 0.333 e. The average Bonchev–Trinajstić information content (AvgIpc) is 2.30. The van der Waals surface area contributed by atoms with Gasteiger partial charge in [-0.3, -0.25) is 0 Å². The zero-order valence-electron chi connectivity index (χ0n) is 13.2. The van der Waals surface area contributed by atoms with Crippen LogP contribution in [0.5, 0.6) is 0 Å². The molecule has 4 rings (SSSR count). The molecule has 4 fully saturated rings. The highest BCUT2D eigenvalue weighted by molar-refractivity contribution is 6.77. The topological polar surface area (TPSA) is 26.3 Å². The van der Waals surface area contributed by atoms with Crippen LogP contribution in [0, 0.1) is 23.7 Å². The van der Waals surface area contributed by atoms with Gasteiger partial charge in [-0.15, -0.1) is 0 Å². The van der Waals surface area contributed by atoms with E-state index < -0.39 is 8.07 Å². The van der Waals surface area contributed by atoms with Gasteiger partial charge < -0.3 is 4.74 Å². The van der Waals surface area contributed by atoms with Crippen LogP contribution in [-0.2, 0) is 9.53 Å². The van der Waals surface area contributed by atoms with E-state index in [0.717, 1.165) is 17.9 Å². The van der Waals surface area contributed by atoms with Gasteiger partial charge in [-0.2, -0.15) is 0 Å². The molecule has 0 saturated heterocycles. The fourth-order valence-corrected chi connectivity index (χ4v) is 6.41. The molecule has 4 bridgehead atoms. The molecule has 4 aliphatic rings. The minimum absolute atomic E-state index is 0.107. The number of carbonyl (C=O) groups is 1. The Kier molecular flexibility index (Phi) is 3.60. The van der Waals surface area contributed by atoms with Gasteiger partial charge in [0.05, 0.1) is 0 Å². The monoisotopic (exact) mass is 292 g/mol. The third kappa shape index (κ3) is 2.88. The van der Waals surface area contributed by atoms with Crippen molar-refractivity contribution in [2.45, 2.75) is 63.9 Å². The Morgan fingerprint density at radius 3 is 2.00 bits per heavy atom. The summed E-state index contributed by atoms with van der Waals surface area (Å²) >= 11 is 0. The predicted octanol–water partition coefficient (Wildman–Crippen LogP) is 4.25. The van der Waals surface area contributed by atoms with Crippen LogP contribution in [0.2, 0.25) is 25.7 Å². The fraction of sp³-hybridized carbons (Fsp3) is 0.824. The Bertz CT molecular complexity index is 393. The van der Waals surface area contributed by atoms with E-state index >= 15 is 0 Å². The highest BCUT2D eigenvalue weighted by Crippen LogP contribution is 2.54. The van der Waals surface area contributed by atoms with Crippen LogP contribution < -0.4 is 0 Å². The highest BCUT2D eigenvalue weighted by atomic mass is 28.3. The van der Waals surface area contributed by atoms with Crippen molar-refractivity contribution >= 4 is 14.0 Å². The number of esters is 1. The van der Waals surface area contributed by atoms with Crippen LogP contribution in [0.4, 0.5) is 0 Å². The second kappa shape index (κ2) is 5.01. The van der Waals surface area contributed by atoms with E-state index in [1.807, 2.05) is 0 Å². The Morgan fingerprint density at radius 2 is 1.55 bits per heavy atom. The van der Waals surface area contributed by atoms with E-state index in [1.54, 1.807) is 0 Å². The van der Waals surface area contributed by atoms with Gasteiger partial charge in [0, 0.05) is 13.6 Å². The minimum Gasteiger partial charge on any atom is -0.458 e. The van der Waals surface area contributed by atoms with Gasteiger partial charge in [0.2, 0.25) is 0 Å². The number of ether oxygens (including phenoxy) is 1. The molecule has 0 N–H and O–H groups in total. The molecular formula is C17H28O2Si. The highest BCUT2D eigenvalue weighted by Gasteiger charge is 2.50. The molecule has 112 valence electrons.